The third kappa shape index (κ3) is 2.80. The van der Waals surface area contributed by atoms with E-state index in [4.69, 9.17) is 10.8 Å². The van der Waals surface area contributed by atoms with Crippen molar-refractivity contribution in [3.63, 3.8) is 0 Å². The lowest BCUT2D eigenvalue weighted by atomic mass is 10.0. The first-order chi connectivity index (χ1) is 8.16. The molecule has 1 rings (SSSR count). The van der Waals surface area contributed by atoms with Crippen LogP contribution < -0.4 is 5.73 Å². The van der Waals surface area contributed by atoms with Crippen LogP contribution in [0.4, 0.5) is 17.6 Å². The lowest BCUT2D eigenvalue weighted by Gasteiger charge is -2.12. The van der Waals surface area contributed by atoms with Gasteiger partial charge >= 0.3 is 5.97 Å². The lowest BCUT2D eigenvalue weighted by molar-refractivity contribution is -0.135. The van der Waals surface area contributed by atoms with Crippen LogP contribution in [0.25, 0.3) is 0 Å². The molecule has 8 heteroatoms. The number of rotatable bonds is 3. The minimum atomic E-state index is -3.43. The minimum Gasteiger partial charge on any atom is -0.480 e. The van der Waals surface area contributed by atoms with E-state index in [1.807, 2.05) is 0 Å². The maximum Gasteiger partial charge on any atom is 0.325 e. The second kappa shape index (κ2) is 4.95. The van der Waals surface area contributed by atoms with Crippen molar-refractivity contribution < 1.29 is 27.5 Å². The molecule has 0 radical (unpaired) electrons. The van der Waals surface area contributed by atoms with Gasteiger partial charge in [-0.2, -0.15) is 8.78 Å². The van der Waals surface area contributed by atoms with Gasteiger partial charge in [0.2, 0.25) is 0 Å². The highest BCUT2D eigenvalue weighted by atomic mass is 19.3. The number of carboxylic acids is 1. The number of hydrogen-bond acceptors (Lipinski definition) is 3. The largest absolute Gasteiger partial charge is 0.480 e. The Morgan fingerprint density at radius 1 is 1.61 bits per heavy atom. The monoisotopic (exact) mass is 268 g/mol. The van der Waals surface area contributed by atoms with E-state index in [2.05, 4.69) is 4.99 Å². The number of halogens is 4. The molecule has 0 saturated heterocycles. The first-order valence-corrected chi connectivity index (χ1v) is 5.09. The third-order valence-electron chi connectivity index (χ3n) is 2.58. The molecule has 1 aliphatic rings. The molecule has 0 amide bonds. The van der Waals surface area contributed by atoms with Gasteiger partial charge in [0.25, 0.3) is 12.3 Å². The Labute approximate surface area is 100 Å². The Morgan fingerprint density at radius 3 is 2.61 bits per heavy atom. The molecular formula is C10H12F4N2O2. The topological polar surface area (TPSA) is 75.7 Å². The van der Waals surface area contributed by atoms with E-state index in [-0.39, 0.29) is 0 Å². The SMILES string of the molecule is C[C@H]1CC(F)(F)C(=NCC(=O)O)C1=C(N)C(F)F. The summed E-state index contributed by atoms with van der Waals surface area (Å²) < 4.78 is 52.0. The van der Waals surface area contributed by atoms with Crippen molar-refractivity contribution in [2.24, 2.45) is 16.6 Å². The molecule has 1 saturated carbocycles. The molecular weight excluding hydrogens is 256 g/mol. The van der Waals surface area contributed by atoms with Gasteiger partial charge in [0.15, 0.2) is 0 Å². The van der Waals surface area contributed by atoms with Crippen LogP contribution in [0.3, 0.4) is 0 Å². The highest BCUT2D eigenvalue weighted by Crippen LogP contribution is 2.42. The fourth-order valence-corrected chi connectivity index (χ4v) is 1.90. The molecule has 3 N–H and O–H groups in total. The van der Waals surface area contributed by atoms with E-state index in [1.54, 1.807) is 0 Å². The quantitative estimate of drug-likeness (QED) is 0.764. The van der Waals surface area contributed by atoms with E-state index in [1.165, 1.54) is 6.92 Å². The fraction of sp³-hybridized carbons (Fsp3) is 0.600. The summed E-state index contributed by atoms with van der Waals surface area (Å²) >= 11 is 0. The number of hydrogen-bond donors (Lipinski definition) is 2. The molecule has 1 fully saturated rings. The van der Waals surface area contributed by atoms with Crippen molar-refractivity contribution in [1.82, 2.24) is 0 Å². The standard InChI is InChI=1S/C10H12F4N2O2/c1-4-2-10(13,14)8(16-3-5(17)18)6(4)7(15)9(11)12/h4,9H,2-3,15H2,1H3,(H,17,18)/t4-/m0/s1. The molecule has 0 bridgehead atoms. The molecule has 1 aliphatic carbocycles. The molecule has 0 aromatic rings. The summed E-state index contributed by atoms with van der Waals surface area (Å²) in [7, 11) is 0. The summed E-state index contributed by atoms with van der Waals surface area (Å²) in [6.07, 6.45) is -3.78. The van der Waals surface area contributed by atoms with Crippen molar-refractivity contribution in [2.75, 3.05) is 6.54 Å². The summed E-state index contributed by atoms with van der Waals surface area (Å²) in [5.74, 6) is -5.74. The van der Waals surface area contributed by atoms with Crippen molar-refractivity contribution >= 4 is 11.7 Å². The highest BCUT2D eigenvalue weighted by molar-refractivity contribution is 6.09. The maximum absolute atomic E-state index is 13.5. The summed E-state index contributed by atoms with van der Waals surface area (Å²) in [6, 6.07) is 0. The van der Waals surface area contributed by atoms with Crippen LogP contribution in [0.1, 0.15) is 13.3 Å². The predicted molar refractivity (Wildman–Crippen MR) is 55.9 cm³/mol. The van der Waals surface area contributed by atoms with Crippen LogP contribution in [0.2, 0.25) is 0 Å². The van der Waals surface area contributed by atoms with Crippen LogP contribution in [0, 0.1) is 5.92 Å². The van der Waals surface area contributed by atoms with Gasteiger partial charge in [-0.15, -0.1) is 0 Å². The molecule has 0 aromatic heterocycles. The van der Waals surface area contributed by atoms with Gasteiger partial charge in [-0.3, -0.25) is 9.79 Å². The van der Waals surface area contributed by atoms with Crippen LogP contribution in [0.15, 0.2) is 16.3 Å². The van der Waals surface area contributed by atoms with Gasteiger partial charge in [-0.25, -0.2) is 8.78 Å². The number of carboxylic acid groups (broad SMARTS) is 1. The van der Waals surface area contributed by atoms with Crippen LogP contribution in [0.5, 0.6) is 0 Å². The first kappa shape index (κ1) is 14.5. The summed E-state index contributed by atoms with van der Waals surface area (Å²) in [5, 5.41) is 8.40. The number of alkyl halides is 4. The number of allylic oxidation sites excluding steroid dienone is 2. The average Bonchev–Trinajstić information content (AvgIpc) is 2.43. The first-order valence-electron chi connectivity index (χ1n) is 5.09. The Hall–Kier alpha value is -1.60. The maximum atomic E-state index is 13.5. The van der Waals surface area contributed by atoms with Crippen molar-refractivity contribution in [1.29, 1.82) is 0 Å². The molecule has 0 aliphatic heterocycles. The Balaban J connectivity index is 3.26. The number of carbonyl (C=O) groups is 1. The average molecular weight is 268 g/mol. The second-order valence-electron chi connectivity index (χ2n) is 4.04. The molecule has 4 nitrogen and oxygen atoms in total. The van der Waals surface area contributed by atoms with E-state index in [9.17, 15) is 22.4 Å². The summed E-state index contributed by atoms with van der Waals surface area (Å²) in [4.78, 5) is 13.5. The summed E-state index contributed by atoms with van der Waals surface area (Å²) in [6.45, 7) is 0.416. The zero-order chi connectivity index (χ0) is 14.1. The van der Waals surface area contributed by atoms with Crippen molar-refractivity contribution in [2.45, 2.75) is 25.7 Å². The molecule has 18 heavy (non-hydrogen) atoms. The zero-order valence-electron chi connectivity index (χ0n) is 9.46. The van der Waals surface area contributed by atoms with E-state index in [0.717, 1.165) is 0 Å². The number of aliphatic carboxylic acids is 1. The van der Waals surface area contributed by atoms with Crippen molar-refractivity contribution in [3.05, 3.63) is 11.3 Å². The van der Waals surface area contributed by atoms with Crippen LogP contribution in [-0.4, -0.2) is 35.7 Å². The number of aliphatic imine (C=N–C) groups is 1. The predicted octanol–water partition coefficient (Wildman–Crippen LogP) is 1.67. The Bertz CT molecular complexity index is 418. The van der Waals surface area contributed by atoms with E-state index < -0.39 is 54.2 Å². The molecule has 0 spiro atoms. The van der Waals surface area contributed by atoms with E-state index in [0.29, 0.717) is 0 Å². The molecule has 0 heterocycles. The van der Waals surface area contributed by atoms with Gasteiger partial charge < -0.3 is 10.8 Å². The van der Waals surface area contributed by atoms with Gasteiger partial charge in [-0.1, -0.05) is 6.92 Å². The third-order valence-corrected chi connectivity index (χ3v) is 2.58. The van der Waals surface area contributed by atoms with Gasteiger partial charge in [0.1, 0.15) is 12.3 Å². The molecule has 102 valence electrons. The summed E-state index contributed by atoms with van der Waals surface area (Å²) in [5.41, 5.74) is 2.76. The molecule has 0 unspecified atom stereocenters. The van der Waals surface area contributed by atoms with Crippen LogP contribution in [-0.2, 0) is 4.79 Å². The normalized spacial score (nSPS) is 27.9. The van der Waals surface area contributed by atoms with Crippen molar-refractivity contribution in [3.8, 4) is 0 Å². The Kier molecular flexibility index (Phi) is 3.98. The highest BCUT2D eigenvalue weighted by Gasteiger charge is 2.49. The second-order valence-corrected chi connectivity index (χ2v) is 4.04. The smallest absolute Gasteiger partial charge is 0.325 e. The van der Waals surface area contributed by atoms with Crippen LogP contribution >= 0.6 is 0 Å². The van der Waals surface area contributed by atoms with Gasteiger partial charge in [0, 0.05) is 12.0 Å². The van der Waals surface area contributed by atoms with Gasteiger partial charge in [-0.05, 0) is 5.92 Å². The zero-order valence-corrected chi connectivity index (χ0v) is 9.46. The van der Waals surface area contributed by atoms with Gasteiger partial charge in [0.05, 0.1) is 5.70 Å². The number of nitrogens with two attached hydrogens (primary N) is 1. The Morgan fingerprint density at radius 2 is 2.17 bits per heavy atom. The molecule has 0 aromatic carbocycles. The molecule has 1 atom stereocenters. The van der Waals surface area contributed by atoms with E-state index >= 15 is 0 Å². The lowest BCUT2D eigenvalue weighted by Crippen LogP contribution is -2.26. The number of nitrogens with zero attached hydrogens (tertiary/aromatic N) is 1. The fourth-order valence-electron chi connectivity index (χ4n) is 1.90. The minimum absolute atomic E-state index is 0.434.